The fraction of sp³-hybridized carbons (Fsp3) is 0.733. The van der Waals surface area contributed by atoms with Gasteiger partial charge >= 0.3 is 23.9 Å². The molecule has 0 bridgehead atoms. The Morgan fingerprint density at radius 1 is 0.679 bits per heavy atom. The molecular weight excluding hydrogens is 396 g/mol. The summed E-state index contributed by atoms with van der Waals surface area (Å²) >= 11 is 3.65. The minimum absolute atomic E-state index is 0.190. The highest BCUT2D eigenvalue weighted by Crippen LogP contribution is 2.01. The fourth-order valence-electron chi connectivity index (χ4n) is 0.687. The molecule has 13 heteroatoms. The Balaban J connectivity index is -0.000000139. The summed E-state index contributed by atoms with van der Waals surface area (Å²) in [6.45, 7) is 6.73. The van der Waals surface area contributed by atoms with Gasteiger partial charge in [0.1, 0.15) is 24.2 Å². The van der Waals surface area contributed by atoms with Crippen LogP contribution in [0.5, 0.6) is 0 Å². The van der Waals surface area contributed by atoms with Gasteiger partial charge in [-0.05, 0) is 26.2 Å². The Morgan fingerprint density at radius 2 is 0.929 bits per heavy atom. The van der Waals surface area contributed by atoms with Gasteiger partial charge in [0.2, 0.25) is 0 Å². The molecule has 0 saturated heterocycles. The predicted octanol–water partition coefficient (Wildman–Crippen LogP) is -1.39. The first kappa shape index (κ1) is 33.6. The van der Waals surface area contributed by atoms with Crippen molar-refractivity contribution >= 4 is 36.5 Å². The number of hydrogen-bond acceptors (Lipinski definition) is 9. The summed E-state index contributed by atoms with van der Waals surface area (Å²) in [5, 5.41) is 32.0. The van der Waals surface area contributed by atoms with Crippen molar-refractivity contribution in [2.45, 2.75) is 58.3 Å². The maximum Gasteiger partial charge on any atom is 0.321 e. The first-order valence-corrected chi connectivity index (χ1v) is 8.68. The van der Waals surface area contributed by atoms with Gasteiger partial charge < -0.3 is 43.4 Å². The lowest BCUT2D eigenvalue weighted by Crippen LogP contribution is -2.31. The summed E-state index contributed by atoms with van der Waals surface area (Å²) < 4.78 is 0. The number of thiol groups is 1. The van der Waals surface area contributed by atoms with Crippen molar-refractivity contribution in [3.05, 3.63) is 0 Å². The highest BCUT2D eigenvalue weighted by atomic mass is 32.1. The van der Waals surface area contributed by atoms with Gasteiger partial charge in [0.15, 0.2) is 0 Å². The molecule has 0 fully saturated rings. The molecule has 28 heavy (non-hydrogen) atoms. The third-order valence-electron chi connectivity index (χ3n) is 2.34. The van der Waals surface area contributed by atoms with E-state index in [2.05, 4.69) is 12.6 Å². The van der Waals surface area contributed by atoms with Crippen LogP contribution in [0, 0.1) is 5.92 Å². The normalized spacial score (nSPS) is 13.6. The van der Waals surface area contributed by atoms with E-state index >= 15 is 0 Å². The smallest absolute Gasteiger partial charge is 0.321 e. The summed E-state index contributed by atoms with van der Waals surface area (Å²) in [7, 11) is 0. The van der Waals surface area contributed by atoms with Gasteiger partial charge in [-0.25, -0.2) is 0 Å². The zero-order chi connectivity index (χ0) is 23.6. The second kappa shape index (κ2) is 19.8. The van der Waals surface area contributed by atoms with Gasteiger partial charge in [0.25, 0.3) is 0 Å². The van der Waals surface area contributed by atoms with Crippen LogP contribution in [0.4, 0.5) is 0 Å². The maximum atomic E-state index is 10.1. The molecule has 0 aliphatic rings. The van der Waals surface area contributed by atoms with Gasteiger partial charge in [-0.15, -0.1) is 0 Å². The molecule has 0 radical (unpaired) electrons. The van der Waals surface area contributed by atoms with Crippen LogP contribution in [-0.4, -0.2) is 74.2 Å². The van der Waals surface area contributed by atoms with Gasteiger partial charge in [-0.1, -0.05) is 13.8 Å². The van der Waals surface area contributed by atoms with Crippen LogP contribution in [0.15, 0.2) is 0 Å². The largest absolute Gasteiger partial charge is 0.480 e. The van der Waals surface area contributed by atoms with Gasteiger partial charge in [0, 0.05) is 5.75 Å². The maximum absolute atomic E-state index is 10.1. The third-order valence-corrected chi connectivity index (χ3v) is 2.73. The van der Waals surface area contributed by atoms with E-state index in [1.807, 2.05) is 13.8 Å². The Bertz CT molecular complexity index is 443. The van der Waals surface area contributed by atoms with Crippen LogP contribution < -0.4 is 22.9 Å². The van der Waals surface area contributed by atoms with E-state index in [9.17, 15) is 19.2 Å². The van der Waals surface area contributed by atoms with Crippen LogP contribution in [-0.2, 0) is 19.2 Å². The summed E-state index contributed by atoms with van der Waals surface area (Å²) in [6, 6.07) is -2.97. The molecule has 0 aromatic rings. The molecule has 0 spiro atoms. The predicted molar refractivity (Wildman–Crippen MR) is 107 cm³/mol. The van der Waals surface area contributed by atoms with Crippen molar-refractivity contribution in [2.24, 2.45) is 28.9 Å². The van der Waals surface area contributed by atoms with Crippen molar-refractivity contribution < 1.29 is 39.6 Å². The second-order valence-electron chi connectivity index (χ2n) is 5.96. The van der Waals surface area contributed by atoms with E-state index in [0.717, 1.165) is 0 Å². The van der Waals surface area contributed by atoms with Crippen LogP contribution in [0.3, 0.4) is 0 Å². The van der Waals surface area contributed by atoms with E-state index in [0.29, 0.717) is 12.3 Å². The topological polar surface area (TPSA) is 253 Å². The van der Waals surface area contributed by atoms with Gasteiger partial charge in [-0.2, -0.15) is 12.6 Å². The molecule has 0 aromatic heterocycles. The second-order valence-corrected chi connectivity index (χ2v) is 6.32. The molecular formula is C15H34N4O8S. The molecule has 0 rings (SSSR count). The summed E-state index contributed by atoms with van der Waals surface area (Å²) in [5.74, 6) is -3.30. The molecule has 0 aliphatic carbocycles. The molecule has 0 amide bonds. The molecule has 0 heterocycles. The average molecular weight is 431 g/mol. The molecule has 0 aromatic carbocycles. The lowest BCUT2D eigenvalue weighted by molar-refractivity contribution is -0.139. The zero-order valence-corrected chi connectivity index (χ0v) is 17.4. The zero-order valence-electron chi connectivity index (χ0n) is 16.5. The number of carboxylic acids is 4. The monoisotopic (exact) mass is 430 g/mol. The third kappa shape index (κ3) is 31.8. The van der Waals surface area contributed by atoms with Crippen molar-refractivity contribution in [2.75, 3.05) is 5.75 Å². The number of hydrogen-bond donors (Lipinski definition) is 9. The van der Waals surface area contributed by atoms with Crippen molar-refractivity contribution in [3.63, 3.8) is 0 Å². The quantitative estimate of drug-likeness (QED) is 0.211. The molecule has 168 valence electrons. The van der Waals surface area contributed by atoms with Crippen LogP contribution in [0.2, 0.25) is 0 Å². The van der Waals surface area contributed by atoms with Crippen molar-refractivity contribution in [1.82, 2.24) is 0 Å². The van der Waals surface area contributed by atoms with E-state index in [4.69, 9.17) is 43.4 Å². The van der Waals surface area contributed by atoms with E-state index in [1.165, 1.54) is 13.8 Å². The molecule has 4 atom stereocenters. The van der Waals surface area contributed by atoms with Gasteiger partial charge in [-0.3, -0.25) is 19.2 Å². The summed E-state index contributed by atoms with van der Waals surface area (Å²) in [6.07, 6.45) is 0.551. The number of nitrogens with two attached hydrogens (primary N) is 4. The highest BCUT2D eigenvalue weighted by Gasteiger charge is 2.12. The fourth-order valence-corrected chi connectivity index (χ4v) is 0.843. The lowest BCUT2D eigenvalue weighted by Gasteiger charge is -2.07. The van der Waals surface area contributed by atoms with E-state index in [-0.39, 0.29) is 5.75 Å². The molecule has 0 saturated carbocycles. The average Bonchev–Trinajstić information content (AvgIpc) is 2.54. The number of carboxylic acid groups (broad SMARTS) is 4. The van der Waals surface area contributed by atoms with Crippen LogP contribution >= 0.6 is 12.6 Å². The van der Waals surface area contributed by atoms with Crippen molar-refractivity contribution in [3.8, 4) is 0 Å². The number of rotatable bonds is 7. The number of aliphatic carboxylic acids is 4. The molecule has 12 nitrogen and oxygen atoms in total. The first-order chi connectivity index (χ1) is 12.5. The van der Waals surface area contributed by atoms with E-state index in [1.54, 1.807) is 0 Å². The first-order valence-electron chi connectivity index (χ1n) is 8.05. The van der Waals surface area contributed by atoms with Crippen molar-refractivity contribution in [1.29, 1.82) is 0 Å². The standard InChI is InChI=1S/C6H13NO2.C3H7NO2S.2C3H7NO2/c1-4(2)3-5(7)6(8)9;4-2(1-7)3(5)6;2*1-2(4)3(5)6/h4-5H,3,7H2,1-2H3,(H,8,9);2,7H,1,4H2,(H,5,6);2*2H,4H2,1H3,(H,5,6)/t5-;3*2-/m0000/s1. The Morgan fingerprint density at radius 3 is 0.964 bits per heavy atom. The Hall–Kier alpha value is -1.93. The summed E-state index contributed by atoms with van der Waals surface area (Å²) in [4.78, 5) is 39.0. The summed E-state index contributed by atoms with van der Waals surface area (Å²) in [5.41, 5.74) is 19.8. The SMILES string of the molecule is CC(C)C[C@H](N)C(=O)O.C[C@H](N)C(=O)O.C[C@H](N)C(=O)O.N[C@@H](CS)C(=O)O. The molecule has 0 aliphatic heterocycles. The number of carbonyl (C=O) groups is 4. The molecule has 0 unspecified atom stereocenters. The minimum atomic E-state index is -1.00. The van der Waals surface area contributed by atoms with Gasteiger partial charge in [0.05, 0.1) is 0 Å². The molecule has 12 N–H and O–H groups in total. The van der Waals surface area contributed by atoms with Crippen LogP contribution in [0.25, 0.3) is 0 Å². The van der Waals surface area contributed by atoms with Crippen LogP contribution in [0.1, 0.15) is 34.1 Å². The lowest BCUT2D eigenvalue weighted by atomic mass is 10.1. The van der Waals surface area contributed by atoms with E-state index < -0.39 is 48.0 Å². The minimum Gasteiger partial charge on any atom is -0.480 e. The Kier molecular flexibility index (Phi) is 23.8. The Labute approximate surface area is 169 Å². The highest BCUT2D eigenvalue weighted by molar-refractivity contribution is 7.80.